The zero-order valence-corrected chi connectivity index (χ0v) is 11.8. The van der Waals surface area contributed by atoms with Gasteiger partial charge in [0.1, 0.15) is 0 Å². The zero-order chi connectivity index (χ0) is 12.7. The first-order valence-corrected chi connectivity index (χ1v) is 7.20. The molecule has 0 atom stereocenters. The third-order valence-electron chi connectivity index (χ3n) is 2.37. The van der Waals surface area contributed by atoms with E-state index in [9.17, 15) is 4.79 Å². The Balaban J connectivity index is 2.47. The quantitative estimate of drug-likeness (QED) is 0.585. The van der Waals surface area contributed by atoms with Crippen LogP contribution in [0.15, 0.2) is 35.2 Å². The average molecular weight is 272 g/mol. The molecule has 0 aromatic heterocycles. The van der Waals surface area contributed by atoms with Crippen LogP contribution in [0.25, 0.3) is 0 Å². The lowest BCUT2D eigenvalue weighted by atomic mass is 10.3. The van der Waals surface area contributed by atoms with Gasteiger partial charge in [0.2, 0.25) is 5.91 Å². The summed E-state index contributed by atoms with van der Waals surface area (Å²) >= 11 is 7.27. The highest BCUT2D eigenvalue weighted by molar-refractivity contribution is 8.00. The van der Waals surface area contributed by atoms with Crippen molar-refractivity contribution in [3.8, 4) is 0 Å². The first-order valence-electron chi connectivity index (χ1n) is 5.68. The predicted octanol–water partition coefficient (Wildman–Crippen LogP) is 3.25. The van der Waals surface area contributed by atoms with E-state index in [0.717, 1.165) is 4.90 Å². The second-order valence-corrected chi connectivity index (χ2v) is 5.40. The third kappa shape index (κ3) is 5.00. The summed E-state index contributed by atoms with van der Waals surface area (Å²) in [5, 5.41) is 0. The minimum atomic E-state index is 0.148. The number of carbonyl (C=O) groups is 1. The first kappa shape index (κ1) is 14.4. The third-order valence-corrected chi connectivity index (χ3v) is 3.54. The van der Waals surface area contributed by atoms with Crippen molar-refractivity contribution in [3.63, 3.8) is 0 Å². The number of alkyl halides is 1. The van der Waals surface area contributed by atoms with Gasteiger partial charge in [-0.15, -0.1) is 23.4 Å². The Morgan fingerprint density at radius 2 is 2.00 bits per heavy atom. The van der Waals surface area contributed by atoms with Gasteiger partial charge in [0.05, 0.1) is 5.75 Å². The van der Waals surface area contributed by atoms with Crippen LogP contribution >= 0.6 is 23.4 Å². The molecule has 0 aliphatic rings. The second kappa shape index (κ2) is 7.62. The number of thioether (sulfide) groups is 1. The van der Waals surface area contributed by atoms with E-state index in [1.54, 1.807) is 11.8 Å². The molecule has 1 rings (SSSR count). The normalized spacial score (nSPS) is 10.6. The molecule has 0 heterocycles. The van der Waals surface area contributed by atoms with Crippen molar-refractivity contribution in [1.82, 2.24) is 4.90 Å². The van der Waals surface area contributed by atoms with Crippen molar-refractivity contribution in [2.75, 3.05) is 18.2 Å². The van der Waals surface area contributed by atoms with E-state index in [1.165, 1.54) is 0 Å². The largest absolute Gasteiger partial charge is 0.338 e. The van der Waals surface area contributed by atoms with Crippen molar-refractivity contribution >= 4 is 29.3 Å². The zero-order valence-electron chi connectivity index (χ0n) is 10.2. The minimum absolute atomic E-state index is 0.148. The van der Waals surface area contributed by atoms with E-state index in [1.807, 2.05) is 49.1 Å². The van der Waals surface area contributed by atoms with Gasteiger partial charge in [0, 0.05) is 23.4 Å². The van der Waals surface area contributed by atoms with Gasteiger partial charge in [-0.25, -0.2) is 0 Å². The Labute approximate surface area is 112 Å². The molecular formula is C13H18ClNOS. The smallest absolute Gasteiger partial charge is 0.233 e. The van der Waals surface area contributed by atoms with E-state index >= 15 is 0 Å². The molecule has 94 valence electrons. The molecule has 0 unspecified atom stereocenters. The molecule has 0 radical (unpaired) electrons. The fourth-order valence-electron chi connectivity index (χ4n) is 1.51. The van der Waals surface area contributed by atoms with Crippen LogP contribution in [0.5, 0.6) is 0 Å². The Hall–Kier alpha value is -0.670. The van der Waals surface area contributed by atoms with E-state index in [0.29, 0.717) is 18.2 Å². The van der Waals surface area contributed by atoms with Crippen LogP contribution in [0.3, 0.4) is 0 Å². The Morgan fingerprint density at radius 1 is 1.35 bits per heavy atom. The Bertz CT molecular complexity index is 343. The molecule has 0 saturated carbocycles. The van der Waals surface area contributed by atoms with Crippen LogP contribution in [-0.2, 0) is 4.79 Å². The average Bonchev–Trinajstić information content (AvgIpc) is 2.34. The molecule has 0 N–H and O–H groups in total. The predicted molar refractivity (Wildman–Crippen MR) is 74.7 cm³/mol. The molecule has 0 spiro atoms. The second-order valence-electron chi connectivity index (χ2n) is 3.97. The van der Waals surface area contributed by atoms with Crippen LogP contribution in [0, 0.1) is 0 Å². The van der Waals surface area contributed by atoms with Gasteiger partial charge >= 0.3 is 0 Å². The molecule has 4 heteroatoms. The fraction of sp³-hybridized carbons (Fsp3) is 0.462. The highest BCUT2D eigenvalue weighted by Gasteiger charge is 2.15. The van der Waals surface area contributed by atoms with Crippen LogP contribution < -0.4 is 0 Å². The maximum atomic E-state index is 12.0. The lowest BCUT2D eigenvalue weighted by molar-refractivity contribution is -0.129. The van der Waals surface area contributed by atoms with Gasteiger partial charge in [-0.05, 0) is 26.0 Å². The number of nitrogens with zero attached hydrogens (tertiary/aromatic N) is 1. The van der Waals surface area contributed by atoms with Gasteiger partial charge in [-0.1, -0.05) is 18.2 Å². The number of hydrogen-bond acceptors (Lipinski definition) is 2. The molecule has 0 bridgehead atoms. The summed E-state index contributed by atoms with van der Waals surface area (Å²) in [4.78, 5) is 14.9. The van der Waals surface area contributed by atoms with Crippen LogP contribution in [0.2, 0.25) is 0 Å². The number of benzene rings is 1. The lowest BCUT2D eigenvalue weighted by Gasteiger charge is -2.25. The summed E-state index contributed by atoms with van der Waals surface area (Å²) in [6.45, 7) is 4.64. The van der Waals surface area contributed by atoms with Crippen molar-refractivity contribution in [2.45, 2.75) is 24.8 Å². The van der Waals surface area contributed by atoms with Crippen molar-refractivity contribution in [2.24, 2.45) is 0 Å². The Morgan fingerprint density at radius 3 is 2.53 bits per heavy atom. The summed E-state index contributed by atoms with van der Waals surface area (Å²) < 4.78 is 0. The standard InChI is InChI=1S/C13H18ClNOS/c1-11(2)15(9-8-14)13(16)10-17-12-6-4-3-5-7-12/h3-7,11H,8-10H2,1-2H3. The van der Waals surface area contributed by atoms with Gasteiger partial charge in [-0.2, -0.15) is 0 Å². The van der Waals surface area contributed by atoms with E-state index < -0.39 is 0 Å². The minimum Gasteiger partial charge on any atom is -0.338 e. The summed E-state index contributed by atoms with van der Waals surface area (Å²) in [7, 11) is 0. The molecule has 0 aliphatic heterocycles. The highest BCUT2D eigenvalue weighted by atomic mass is 35.5. The van der Waals surface area contributed by atoms with E-state index in [4.69, 9.17) is 11.6 Å². The van der Waals surface area contributed by atoms with Crippen molar-refractivity contribution in [3.05, 3.63) is 30.3 Å². The molecular weight excluding hydrogens is 254 g/mol. The van der Waals surface area contributed by atoms with Gasteiger partial charge < -0.3 is 4.90 Å². The topological polar surface area (TPSA) is 20.3 Å². The van der Waals surface area contributed by atoms with E-state index in [-0.39, 0.29) is 11.9 Å². The summed E-state index contributed by atoms with van der Waals surface area (Å²) in [5.41, 5.74) is 0. The van der Waals surface area contributed by atoms with Gasteiger partial charge in [-0.3, -0.25) is 4.79 Å². The summed E-state index contributed by atoms with van der Waals surface area (Å²) in [6, 6.07) is 10.2. The van der Waals surface area contributed by atoms with Crippen molar-refractivity contribution in [1.29, 1.82) is 0 Å². The molecule has 1 aromatic carbocycles. The Kier molecular flexibility index (Phi) is 6.45. The van der Waals surface area contributed by atoms with Crippen LogP contribution in [0.4, 0.5) is 0 Å². The number of halogens is 1. The SMILES string of the molecule is CC(C)N(CCCl)C(=O)CSc1ccccc1. The maximum absolute atomic E-state index is 12.0. The molecule has 1 amide bonds. The number of amides is 1. The summed E-state index contributed by atoms with van der Waals surface area (Å²) in [6.07, 6.45) is 0. The van der Waals surface area contributed by atoms with Gasteiger partial charge in [0.25, 0.3) is 0 Å². The molecule has 1 aromatic rings. The highest BCUT2D eigenvalue weighted by Crippen LogP contribution is 2.17. The fourth-order valence-corrected chi connectivity index (χ4v) is 2.49. The van der Waals surface area contributed by atoms with Crippen molar-refractivity contribution < 1.29 is 4.79 Å². The first-order chi connectivity index (χ1) is 8.15. The molecule has 0 fully saturated rings. The lowest BCUT2D eigenvalue weighted by Crippen LogP contribution is -2.39. The molecule has 17 heavy (non-hydrogen) atoms. The van der Waals surface area contributed by atoms with E-state index in [2.05, 4.69) is 0 Å². The van der Waals surface area contributed by atoms with Crippen LogP contribution in [-0.4, -0.2) is 35.0 Å². The molecule has 2 nitrogen and oxygen atoms in total. The number of carbonyl (C=O) groups excluding carboxylic acids is 1. The number of hydrogen-bond donors (Lipinski definition) is 0. The number of rotatable bonds is 6. The van der Waals surface area contributed by atoms with Crippen LogP contribution in [0.1, 0.15) is 13.8 Å². The molecule has 0 aliphatic carbocycles. The maximum Gasteiger partial charge on any atom is 0.233 e. The monoisotopic (exact) mass is 271 g/mol. The molecule has 0 saturated heterocycles. The van der Waals surface area contributed by atoms with Gasteiger partial charge in [0.15, 0.2) is 0 Å². The summed E-state index contributed by atoms with van der Waals surface area (Å²) in [5.74, 6) is 1.11.